The van der Waals surface area contributed by atoms with Crippen molar-refractivity contribution >= 4 is 21.7 Å². The van der Waals surface area contributed by atoms with E-state index in [-0.39, 0.29) is 0 Å². The largest absolute Gasteiger partial charge is 0.497 e. The molecule has 0 spiro atoms. The second-order valence-corrected chi connectivity index (χ2v) is 6.56. The van der Waals surface area contributed by atoms with E-state index < -0.39 is 0 Å². The Balaban J connectivity index is 1.84. The average Bonchev–Trinajstić information content (AvgIpc) is 2.68. The van der Waals surface area contributed by atoms with E-state index in [4.69, 9.17) is 9.47 Å². The van der Waals surface area contributed by atoms with Crippen molar-refractivity contribution in [3.05, 3.63) is 76.7 Å². The van der Waals surface area contributed by atoms with Gasteiger partial charge in [-0.1, -0.05) is 24.3 Å². The summed E-state index contributed by atoms with van der Waals surface area (Å²) in [6, 6.07) is 16.1. The van der Waals surface area contributed by atoms with Crippen molar-refractivity contribution in [2.24, 2.45) is 0 Å². The maximum Gasteiger partial charge on any atom is 0.149 e. The number of ether oxygens (including phenoxy) is 2. The Kier molecular flexibility index (Phi) is 6.07. The van der Waals surface area contributed by atoms with Gasteiger partial charge in [-0.3, -0.25) is 4.98 Å². The molecule has 0 atom stereocenters. The first-order chi connectivity index (χ1) is 12.7. The first kappa shape index (κ1) is 18.2. The van der Waals surface area contributed by atoms with E-state index in [0.717, 1.165) is 17.3 Å². The molecule has 26 heavy (non-hydrogen) atoms. The van der Waals surface area contributed by atoms with Crippen LogP contribution in [0.4, 0.5) is 5.82 Å². The highest BCUT2D eigenvalue weighted by atomic mass is 79.9. The third kappa shape index (κ3) is 4.73. The fraction of sp³-hybridized carbons (Fsp3) is 0.200. The van der Waals surface area contributed by atoms with Gasteiger partial charge in [0.25, 0.3) is 0 Å². The topological polar surface area (TPSA) is 47.5 Å². The van der Waals surface area contributed by atoms with Crippen LogP contribution in [-0.4, -0.2) is 24.2 Å². The van der Waals surface area contributed by atoms with E-state index in [1.54, 1.807) is 26.6 Å². The van der Waals surface area contributed by atoms with Crippen molar-refractivity contribution in [3.8, 4) is 11.5 Å². The first-order valence-electron chi connectivity index (χ1n) is 8.16. The van der Waals surface area contributed by atoms with Crippen molar-refractivity contribution in [2.45, 2.75) is 13.1 Å². The van der Waals surface area contributed by atoms with Gasteiger partial charge >= 0.3 is 0 Å². The van der Waals surface area contributed by atoms with Gasteiger partial charge in [-0.05, 0) is 51.3 Å². The highest BCUT2D eigenvalue weighted by molar-refractivity contribution is 9.10. The zero-order valence-electron chi connectivity index (χ0n) is 14.7. The van der Waals surface area contributed by atoms with Gasteiger partial charge in [-0.15, -0.1) is 0 Å². The molecule has 1 heterocycles. The minimum Gasteiger partial charge on any atom is -0.497 e. The maximum absolute atomic E-state index is 5.24. The number of rotatable bonds is 7. The molecule has 0 N–H and O–H groups in total. The van der Waals surface area contributed by atoms with Crippen LogP contribution in [0, 0.1) is 0 Å². The van der Waals surface area contributed by atoms with Crippen LogP contribution in [0.1, 0.15) is 11.1 Å². The Morgan fingerprint density at radius 2 is 1.31 bits per heavy atom. The Labute approximate surface area is 161 Å². The first-order valence-corrected chi connectivity index (χ1v) is 8.95. The monoisotopic (exact) mass is 413 g/mol. The molecule has 0 amide bonds. The number of halogens is 1. The van der Waals surface area contributed by atoms with E-state index in [1.807, 2.05) is 24.3 Å². The molecule has 0 unspecified atom stereocenters. The summed E-state index contributed by atoms with van der Waals surface area (Å²) in [5.41, 5.74) is 2.34. The number of hydrogen-bond acceptors (Lipinski definition) is 5. The van der Waals surface area contributed by atoms with Crippen molar-refractivity contribution < 1.29 is 9.47 Å². The molecule has 6 heteroatoms. The molecular formula is C20H20BrN3O2. The number of aromatic nitrogens is 2. The van der Waals surface area contributed by atoms with Gasteiger partial charge in [-0.25, -0.2) is 4.98 Å². The number of anilines is 1. The van der Waals surface area contributed by atoms with Crippen LogP contribution in [0.3, 0.4) is 0 Å². The summed E-state index contributed by atoms with van der Waals surface area (Å²) in [4.78, 5) is 11.0. The third-order valence-electron chi connectivity index (χ3n) is 3.98. The zero-order valence-corrected chi connectivity index (χ0v) is 16.3. The molecule has 0 aliphatic heterocycles. The molecule has 0 saturated carbocycles. The third-order valence-corrected chi connectivity index (χ3v) is 4.36. The molecule has 0 bridgehead atoms. The summed E-state index contributed by atoms with van der Waals surface area (Å²) >= 11 is 3.41. The summed E-state index contributed by atoms with van der Waals surface area (Å²) in [5, 5.41) is 0. The van der Waals surface area contributed by atoms with Crippen LogP contribution in [0.5, 0.6) is 11.5 Å². The summed E-state index contributed by atoms with van der Waals surface area (Å²) < 4.78 is 11.2. The maximum atomic E-state index is 5.24. The molecule has 1 aromatic heterocycles. The van der Waals surface area contributed by atoms with Crippen molar-refractivity contribution in [2.75, 3.05) is 19.1 Å². The lowest BCUT2D eigenvalue weighted by Gasteiger charge is -2.24. The quantitative estimate of drug-likeness (QED) is 0.571. The van der Waals surface area contributed by atoms with Gasteiger partial charge in [0, 0.05) is 13.1 Å². The van der Waals surface area contributed by atoms with Crippen LogP contribution < -0.4 is 14.4 Å². The minimum atomic E-state index is 0.709. The summed E-state index contributed by atoms with van der Waals surface area (Å²) in [6.45, 7) is 1.42. The molecule has 134 valence electrons. The second kappa shape index (κ2) is 8.67. The fourth-order valence-electron chi connectivity index (χ4n) is 2.61. The minimum absolute atomic E-state index is 0.709. The van der Waals surface area contributed by atoms with E-state index in [1.165, 1.54) is 11.1 Å². The number of hydrogen-bond donors (Lipinski definition) is 0. The van der Waals surface area contributed by atoms with Crippen LogP contribution >= 0.6 is 15.9 Å². The highest BCUT2D eigenvalue weighted by Gasteiger charge is 2.11. The van der Waals surface area contributed by atoms with Crippen molar-refractivity contribution in [1.29, 1.82) is 0 Å². The molecule has 5 nitrogen and oxygen atoms in total. The van der Waals surface area contributed by atoms with Crippen molar-refractivity contribution in [1.82, 2.24) is 9.97 Å². The Hall–Kier alpha value is -2.60. The molecule has 0 fully saturated rings. The van der Waals surface area contributed by atoms with E-state index in [9.17, 15) is 0 Å². The zero-order chi connectivity index (χ0) is 18.4. The predicted molar refractivity (Wildman–Crippen MR) is 106 cm³/mol. The Bertz CT molecular complexity index is 789. The van der Waals surface area contributed by atoms with Crippen LogP contribution in [-0.2, 0) is 13.1 Å². The lowest BCUT2D eigenvalue weighted by atomic mass is 10.1. The van der Waals surface area contributed by atoms with Crippen LogP contribution in [0.15, 0.2) is 65.5 Å². The SMILES string of the molecule is COc1ccc(CN(Cc2ccc(OC)cc2)c2cncc(Br)n2)cc1. The lowest BCUT2D eigenvalue weighted by Crippen LogP contribution is -2.23. The molecule has 0 aliphatic rings. The standard InChI is InChI=1S/C20H20BrN3O2/c1-25-17-7-3-15(4-8-17)13-24(20-12-22-11-19(21)23-20)14-16-5-9-18(26-2)10-6-16/h3-12H,13-14H2,1-2H3. The molecular weight excluding hydrogens is 394 g/mol. The van der Waals surface area contributed by atoms with Crippen molar-refractivity contribution in [3.63, 3.8) is 0 Å². The smallest absolute Gasteiger partial charge is 0.149 e. The van der Waals surface area contributed by atoms with Crippen LogP contribution in [0.25, 0.3) is 0 Å². The van der Waals surface area contributed by atoms with Gasteiger partial charge in [0.15, 0.2) is 0 Å². The summed E-state index contributed by atoms with van der Waals surface area (Å²) in [5.74, 6) is 2.50. The van der Waals surface area contributed by atoms with E-state index in [2.05, 4.69) is 55.1 Å². The second-order valence-electron chi connectivity index (χ2n) is 5.75. The Morgan fingerprint density at radius 3 is 1.73 bits per heavy atom. The highest BCUT2D eigenvalue weighted by Crippen LogP contribution is 2.21. The van der Waals surface area contributed by atoms with E-state index >= 15 is 0 Å². The number of nitrogens with zero attached hydrogens (tertiary/aromatic N) is 3. The Morgan fingerprint density at radius 1 is 0.808 bits per heavy atom. The van der Waals surface area contributed by atoms with Crippen LogP contribution in [0.2, 0.25) is 0 Å². The summed E-state index contributed by atoms with van der Waals surface area (Å²) in [6.07, 6.45) is 3.46. The van der Waals surface area contributed by atoms with Gasteiger partial charge in [0.05, 0.1) is 26.6 Å². The average molecular weight is 414 g/mol. The van der Waals surface area contributed by atoms with E-state index in [0.29, 0.717) is 17.7 Å². The van der Waals surface area contributed by atoms with Gasteiger partial charge in [0.2, 0.25) is 0 Å². The molecule has 2 aromatic carbocycles. The molecule has 0 saturated heterocycles. The molecule has 0 aliphatic carbocycles. The molecule has 0 radical (unpaired) electrons. The molecule has 3 rings (SSSR count). The predicted octanol–water partition coefficient (Wildman–Crippen LogP) is 4.46. The normalized spacial score (nSPS) is 10.4. The number of benzene rings is 2. The number of methoxy groups -OCH3 is 2. The molecule has 3 aromatic rings. The van der Waals surface area contributed by atoms with Gasteiger partial charge in [0.1, 0.15) is 21.9 Å². The summed E-state index contributed by atoms with van der Waals surface area (Å²) in [7, 11) is 3.34. The lowest BCUT2D eigenvalue weighted by molar-refractivity contribution is 0.414. The van der Waals surface area contributed by atoms with Gasteiger partial charge < -0.3 is 14.4 Å². The van der Waals surface area contributed by atoms with Gasteiger partial charge in [-0.2, -0.15) is 0 Å². The fourth-order valence-corrected chi connectivity index (χ4v) is 2.91.